The van der Waals surface area contributed by atoms with Crippen molar-refractivity contribution >= 4 is 43.6 Å². The van der Waals surface area contributed by atoms with Gasteiger partial charge in [0.1, 0.15) is 4.90 Å². The number of nitrogens with zero attached hydrogens (tertiary/aromatic N) is 3. The number of nitrogens with one attached hydrogen (secondary N) is 1. The van der Waals surface area contributed by atoms with E-state index >= 15 is 0 Å². The van der Waals surface area contributed by atoms with Crippen molar-refractivity contribution in [1.82, 2.24) is 9.38 Å². The van der Waals surface area contributed by atoms with E-state index in [-0.39, 0.29) is 10.5 Å². The number of sulfonamides is 1. The summed E-state index contributed by atoms with van der Waals surface area (Å²) in [5, 5.41) is 4.78. The van der Waals surface area contributed by atoms with Crippen LogP contribution in [-0.2, 0) is 10.0 Å². The molecule has 5 aromatic rings. The maximum atomic E-state index is 13.3. The fraction of sp³-hybridized carbons (Fsp3) is 0.0400. The molecule has 0 aliphatic carbocycles. The summed E-state index contributed by atoms with van der Waals surface area (Å²) in [6.07, 6.45) is 3.90. The summed E-state index contributed by atoms with van der Waals surface area (Å²) in [6.45, 7) is 0. The van der Waals surface area contributed by atoms with Crippen LogP contribution in [-0.4, -0.2) is 30.8 Å². The van der Waals surface area contributed by atoms with Gasteiger partial charge < -0.3 is 5.32 Å². The third kappa shape index (κ3) is 4.07. The highest BCUT2D eigenvalue weighted by Crippen LogP contribution is 2.26. The van der Waals surface area contributed by atoms with Crippen LogP contribution < -0.4 is 9.62 Å². The maximum absolute atomic E-state index is 13.3. The van der Waals surface area contributed by atoms with Crippen LogP contribution in [0, 0.1) is 0 Å². The van der Waals surface area contributed by atoms with Gasteiger partial charge in [-0.1, -0.05) is 42.5 Å². The van der Waals surface area contributed by atoms with Crippen molar-refractivity contribution in [3.8, 4) is 11.3 Å². The minimum Gasteiger partial charge on any atom is -0.322 e. The van der Waals surface area contributed by atoms with Crippen molar-refractivity contribution in [3.05, 3.63) is 102 Å². The number of rotatable bonds is 6. The normalized spacial score (nSPS) is 11.4. The molecule has 0 atom stereocenters. The first-order chi connectivity index (χ1) is 16.4. The summed E-state index contributed by atoms with van der Waals surface area (Å²) >= 11 is 1.56. The van der Waals surface area contributed by atoms with Crippen LogP contribution in [0.4, 0.5) is 11.4 Å². The fourth-order valence-electron chi connectivity index (χ4n) is 3.59. The van der Waals surface area contributed by atoms with Crippen LogP contribution in [0.1, 0.15) is 10.4 Å². The summed E-state index contributed by atoms with van der Waals surface area (Å²) in [5.41, 5.74) is 2.89. The lowest BCUT2D eigenvalue weighted by molar-refractivity contribution is 0.102. The highest BCUT2D eigenvalue weighted by Gasteiger charge is 2.26. The number of benzene rings is 3. The van der Waals surface area contributed by atoms with Gasteiger partial charge in [0.15, 0.2) is 4.96 Å². The number of amides is 1. The van der Waals surface area contributed by atoms with Gasteiger partial charge in [0.2, 0.25) is 0 Å². The average molecular weight is 489 g/mol. The third-order valence-corrected chi connectivity index (χ3v) is 8.04. The van der Waals surface area contributed by atoms with Gasteiger partial charge in [-0.15, -0.1) is 11.3 Å². The number of fused-ring (bicyclic) bond motifs is 1. The van der Waals surface area contributed by atoms with Crippen molar-refractivity contribution in [1.29, 1.82) is 0 Å². The molecule has 0 unspecified atom stereocenters. The molecule has 3 aromatic carbocycles. The van der Waals surface area contributed by atoms with Gasteiger partial charge in [0.05, 0.1) is 16.9 Å². The Morgan fingerprint density at radius 2 is 1.68 bits per heavy atom. The first-order valence-electron chi connectivity index (χ1n) is 10.4. The molecule has 0 bridgehead atoms. The van der Waals surface area contributed by atoms with E-state index in [9.17, 15) is 13.2 Å². The quantitative estimate of drug-likeness (QED) is 0.359. The molecule has 9 heteroatoms. The maximum Gasteiger partial charge on any atom is 0.264 e. The number of anilines is 2. The molecule has 1 amide bonds. The number of hydrogen-bond donors (Lipinski definition) is 1. The van der Waals surface area contributed by atoms with E-state index in [1.165, 1.54) is 23.5 Å². The van der Waals surface area contributed by atoms with E-state index in [1.807, 2.05) is 40.4 Å². The SMILES string of the molecule is CN(c1ccccc1)S(=O)(=O)c1ccccc1C(=O)Nc1ccc(-c2cn3ccsc3n2)cc1. The van der Waals surface area contributed by atoms with Gasteiger partial charge in [-0.3, -0.25) is 13.5 Å². The zero-order valence-corrected chi connectivity index (χ0v) is 19.8. The number of para-hydroxylation sites is 1. The van der Waals surface area contributed by atoms with Gasteiger partial charge in [-0.05, 0) is 36.4 Å². The molecule has 2 aromatic heterocycles. The van der Waals surface area contributed by atoms with Gasteiger partial charge >= 0.3 is 0 Å². The van der Waals surface area contributed by atoms with E-state index in [4.69, 9.17) is 0 Å². The van der Waals surface area contributed by atoms with Gasteiger partial charge in [-0.25, -0.2) is 13.4 Å². The lowest BCUT2D eigenvalue weighted by atomic mass is 10.1. The molecule has 0 saturated heterocycles. The van der Waals surface area contributed by atoms with Crippen molar-refractivity contribution in [2.75, 3.05) is 16.7 Å². The van der Waals surface area contributed by atoms with Crippen molar-refractivity contribution < 1.29 is 13.2 Å². The first-order valence-corrected chi connectivity index (χ1v) is 12.7. The van der Waals surface area contributed by atoms with E-state index in [0.29, 0.717) is 11.4 Å². The molecular weight excluding hydrogens is 468 g/mol. The average Bonchev–Trinajstić information content (AvgIpc) is 3.47. The van der Waals surface area contributed by atoms with E-state index in [1.54, 1.807) is 59.9 Å². The molecular formula is C25H20N4O3S2. The smallest absolute Gasteiger partial charge is 0.264 e. The van der Waals surface area contributed by atoms with E-state index < -0.39 is 15.9 Å². The number of carbonyl (C=O) groups excluding carboxylic acids is 1. The molecule has 7 nitrogen and oxygen atoms in total. The summed E-state index contributed by atoms with van der Waals surface area (Å²) in [4.78, 5) is 18.5. The van der Waals surface area contributed by atoms with Crippen LogP contribution in [0.25, 0.3) is 16.2 Å². The Bertz CT molecular complexity index is 1550. The predicted molar refractivity (Wildman–Crippen MR) is 135 cm³/mol. The molecule has 34 heavy (non-hydrogen) atoms. The molecule has 0 aliphatic rings. The van der Waals surface area contributed by atoms with Gasteiger partial charge in [0, 0.05) is 36.1 Å². The predicted octanol–water partition coefficient (Wildman–Crippen LogP) is 5.14. The number of thiazole rings is 1. The van der Waals surface area contributed by atoms with Crippen LogP contribution in [0.15, 0.2) is 102 Å². The Morgan fingerprint density at radius 1 is 0.971 bits per heavy atom. The molecule has 170 valence electrons. The van der Waals surface area contributed by atoms with Gasteiger partial charge in [0.25, 0.3) is 15.9 Å². The zero-order chi connectivity index (χ0) is 23.7. The Hall–Kier alpha value is -3.95. The topological polar surface area (TPSA) is 83.8 Å². The van der Waals surface area contributed by atoms with Gasteiger partial charge in [-0.2, -0.15) is 0 Å². The number of hydrogen-bond acceptors (Lipinski definition) is 5. The number of aromatic nitrogens is 2. The van der Waals surface area contributed by atoms with Crippen LogP contribution in [0.3, 0.4) is 0 Å². The largest absolute Gasteiger partial charge is 0.322 e. The minimum absolute atomic E-state index is 0.0615. The highest BCUT2D eigenvalue weighted by atomic mass is 32.2. The van der Waals surface area contributed by atoms with Crippen LogP contribution in [0.2, 0.25) is 0 Å². The molecule has 0 radical (unpaired) electrons. The molecule has 0 saturated carbocycles. The molecule has 0 fully saturated rings. The van der Waals surface area contributed by atoms with Crippen molar-refractivity contribution in [2.45, 2.75) is 4.90 Å². The lowest BCUT2D eigenvalue weighted by Crippen LogP contribution is -2.28. The van der Waals surface area contributed by atoms with Crippen LogP contribution >= 0.6 is 11.3 Å². The Kier molecular flexibility index (Phi) is 5.64. The van der Waals surface area contributed by atoms with Crippen molar-refractivity contribution in [3.63, 3.8) is 0 Å². The van der Waals surface area contributed by atoms with Crippen LogP contribution in [0.5, 0.6) is 0 Å². The lowest BCUT2D eigenvalue weighted by Gasteiger charge is -2.21. The second kappa shape index (κ2) is 8.77. The second-order valence-electron chi connectivity index (χ2n) is 7.55. The summed E-state index contributed by atoms with van der Waals surface area (Å²) in [6, 6.07) is 22.2. The monoisotopic (exact) mass is 488 g/mol. The third-order valence-electron chi connectivity index (χ3n) is 5.42. The first kappa shape index (κ1) is 21.9. The van der Waals surface area contributed by atoms with E-state index in [2.05, 4.69) is 10.3 Å². The second-order valence-corrected chi connectivity index (χ2v) is 10.4. The molecule has 0 spiro atoms. The van der Waals surface area contributed by atoms with E-state index in [0.717, 1.165) is 16.2 Å². The molecule has 0 aliphatic heterocycles. The Balaban J connectivity index is 1.39. The zero-order valence-electron chi connectivity index (χ0n) is 18.1. The highest BCUT2D eigenvalue weighted by molar-refractivity contribution is 7.92. The number of carbonyl (C=O) groups is 1. The molecule has 1 N–H and O–H groups in total. The Morgan fingerprint density at radius 3 is 2.41 bits per heavy atom. The minimum atomic E-state index is -3.95. The van der Waals surface area contributed by atoms with Crippen molar-refractivity contribution in [2.24, 2.45) is 0 Å². The fourth-order valence-corrected chi connectivity index (χ4v) is 5.68. The number of imidazole rings is 1. The summed E-state index contributed by atoms with van der Waals surface area (Å²) < 4.78 is 29.7. The molecule has 5 rings (SSSR count). The summed E-state index contributed by atoms with van der Waals surface area (Å²) in [5.74, 6) is -0.504. The molecule has 2 heterocycles. The standard InChI is InChI=1S/C25H20N4O3S2/c1-28(20-7-3-2-4-8-20)34(31,32)23-10-6-5-9-21(23)24(30)26-19-13-11-18(12-14-19)22-17-29-15-16-33-25(29)27-22/h2-17H,1H3,(H,26,30). The Labute approximate surface area is 201 Å². The summed E-state index contributed by atoms with van der Waals surface area (Å²) in [7, 11) is -2.48.